The van der Waals surface area contributed by atoms with Crippen LogP contribution in [0.3, 0.4) is 0 Å². The first kappa shape index (κ1) is 9.36. The number of rotatable bonds is 1. The topological polar surface area (TPSA) is 37.8 Å². The van der Waals surface area contributed by atoms with E-state index in [4.69, 9.17) is 0 Å². The van der Waals surface area contributed by atoms with Crippen LogP contribution in [0.15, 0.2) is 0 Å². The second-order valence-electron chi connectivity index (χ2n) is 1.40. The Labute approximate surface area is 65.7 Å². The number of nitrogens with one attached hydrogen (secondary N) is 1. The van der Waals surface area contributed by atoms with Gasteiger partial charge in [0, 0.05) is 18.6 Å². The third-order valence-electron chi connectivity index (χ3n) is 0.741. The van der Waals surface area contributed by atoms with Gasteiger partial charge >= 0.3 is 0 Å². The van der Waals surface area contributed by atoms with E-state index in [0.29, 0.717) is 0 Å². The van der Waals surface area contributed by atoms with E-state index in [1.54, 1.807) is 0 Å². The molecule has 1 aromatic rings. The summed E-state index contributed by atoms with van der Waals surface area (Å²) in [5.74, 6) is 0.833. The minimum Gasteiger partial charge on any atom is -0.363 e. The number of anilines is 1. The molecule has 1 aromatic heterocycles. The SMILES string of the molecule is CC.CNc1nc(C)ns1. The Hall–Kier alpha value is -0.640. The molecule has 0 amide bonds. The zero-order valence-corrected chi connectivity index (χ0v) is 7.62. The minimum atomic E-state index is 0.833. The number of aryl methyl sites for hydroxylation is 1. The molecule has 0 unspecified atom stereocenters. The van der Waals surface area contributed by atoms with E-state index in [-0.39, 0.29) is 0 Å². The van der Waals surface area contributed by atoms with Crippen LogP contribution in [0.4, 0.5) is 5.13 Å². The third kappa shape index (κ3) is 2.77. The van der Waals surface area contributed by atoms with E-state index >= 15 is 0 Å². The lowest BCUT2D eigenvalue weighted by Gasteiger charge is -1.83. The van der Waals surface area contributed by atoms with Crippen molar-refractivity contribution < 1.29 is 0 Å². The first-order chi connectivity index (χ1) is 4.83. The third-order valence-corrected chi connectivity index (χ3v) is 1.57. The predicted molar refractivity (Wildman–Crippen MR) is 45.5 cm³/mol. The highest BCUT2D eigenvalue weighted by Crippen LogP contribution is 2.07. The summed E-state index contributed by atoms with van der Waals surface area (Å²) in [6, 6.07) is 0. The molecule has 0 bridgehead atoms. The molecule has 1 rings (SSSR count). The summed E-state index contributed by atoms with van der Waals surface area (Å²) in [6.07, 6.45) is 0. The van der Waals surface area contributed by atoms with Crippen LogP contribution in [0.1, 0.15) is 19.7 Å². The molecule has 0 aliphatic carbocycles. The largest absolute Gasteiger partial charge is 0.363 e. The summed E-state index contributed by atoms with van der Waals surface area (Å²) in [4.78, 5) is 4.03. The van der Waals surface area contributed by atoms with Gasteiger partial charge in [-0.2, -0.15) is 4.37 Å². The minimum absolute atomic E-state index is 0.833. The lowest BCUT2D eigenvalue weighted by molar-refractivity contribution is 1.16. The Kier molecular flexibility index (Phi) is 4.84. The van der Waals surface area contributed by atoms with Crippen molar-refractivity contribution in [3.05, 3.63) is 5.82 Å². The van der Waals surface area contributed by atoms with Gasteiger partial charge in [-0.3, -0.25) is 0 Å². The molecule has 4 heteroatoms. The molecular weight excluding hydrogens is 146 g/mol. The maximum atomic E-state index is 4.03. The molecule has 0 spiro atoms. The van der Waals surface area contributed by atoms with Crippen molar-refractivity contribution in [2.45, 2.75) is 20.8 Å². The van der Waals surface area contributed by atoms with E-state index < -0.39 is 0 Å². The monoisotopic (exact) mass is 159 g/mol. The molecular formula is C6H13N3S. The first-order valence-corrected chi connectivity index (χ1v) is 4.08. The molecule has 0 atom stereocenters. The lowest BCUT2D eigenvalue weighted by Crippen LogP contribution is -1.84. The number of aromatic nitrogens is 2. The summed E-state index contributed by atoms with van der Waals surface area (Å²) in [5.41, 5.74) is 0. The highest BCUT2D eigenvalue weighted by atomic mass is 32.1. The van der Waals surface area contributed by atoms with Crippen molar-refractivity contribution in [2.24, 2.45) is 0 Å². The molecule has 0 saturated carbocycles. The van der Waals surface area contributed by atoms with Crippen LogP contribution in [0.5, 0.6) is 0 Å². The molecule has 58 valence electrons. The Morgan fingerprint density at radius 2 is 2.00 bits per heavy atom. The van der Waals surface area contributed by atoms with Gasteiger partial charge in [0.25, 0.3) is 0 Å². The molecule has 0 aliphatic heterocycles. The molecule has 0 aromatic carbocycles. The van der Waals surface area contributed by atoms with Crippen LogP contribution in [-0.4, -0.2) is 16.4 Å². The molecule has 0 radical (unpaired) electrons. The van der Waals surface area contributed by atoms with Gasteiger partial charge in [0.1, 0.15) is 5.82 Å². The van der Waals surface area contributed by atoms with Crippen molar-refractivity contribution in [2.75, 3.05) is 12.4 Å². The first-order valence-electron chi connectivity index (χ1n) is 3.31. The van der Waals surface area contributed by atoms with Gasteiger partial charge in [0.2, 0.25) is 5.13 Å². The van der Waals surface area contributed by atoms with Crippen LogP contribution in [0, 0.1) is 6.92 Å². The van der Waals surface area contributed by atoms with Gasteiger partial charge in [-0.15, -0.1) is 0 Å². The van der Waals surface area contributed by atoms with Gasteiger partial charge in [0.15, 0.2) is 0 Å². The molecule has 0 fully saturated rings. The zero-order chi connectivity index (χ0) is 7.98. The summed E-state index contributed by atoms with van der Waals surface area (Å²) in [7, 11) is 1.83. The normalized spacial score (nSPS) is 8.00. The van der Waals surface area contributed by atoms with E-state index in [1.807, 2.05) is 27.8 Å². The highest BCUT2D eigenvalue weighted by Gasteiger charge is 1.92. The number of nitrogens with zero attached hydrogens (tertiary/aromatic N) is 2. The molecule has 10 heavy (non-hydrogen) atoms. The maximum Gasteiger partial charge on any atom is 0.202 e. The van der Waals surface area contributed by atoms with Crippen LogP contribution < -0.4 is 5.32 Å². The summed E-state index contributed by atoms with van der Waals surface area (Å²) < 4.78 is 3.96. The number of hydrogen-bond acceptors (Lipinski definition) is 4. The number of hydrogen-bond donors (Lipinski definition) is 1. The van der Waals surface area contributed by atoms with Crippen LogP contribution in [0.25, 0.3) is 0 Å². The molecule has 3 nitrogen and oxygen atoms in total. The molecule has 1 heterocycles. The average molecular weight is 159 g/mol. The van der Waals surface area contributed by atoms with E-state index in [1.165, 1.54) is 11.5 Å². The average Bonchev–Trinajstić information content (AvgIpc) is 2.40. The van der Waals surface area contributed by atoms with E-state index in [2.05, 4.69) is 14.7 Å². The van der Waals surface area contributed by atoms with Gasteiger partial charge in [-0.1, -0.05) is 13.8 Å². The smallest absolute Gasteiger partial charge is 0.202 e. The van der Waals surface area contributed by atoms with Crippen molar-refractivity contribution in [1.29, 1.82) is 0 Å². The zero-order valence-electron chi connectivity index (χ0n) is 6.80. The predicted octanol–water partition coefficient (Wildman–Crippen LogP) is 1.91. The van der Waals surface area contributed by atoms with Gasteiger partial charge < -0.3 is 5.32 Å². The highest BCUT2D eigenvalue weighted by molar-refractivity contribution is 7.09. The van der Waals surface area contributed by atoms with Crippen LogP contribution in [0.2, 0.25) is 0 Å². The van der Waals surface area contributed by atoms with Gasteiger partial charge in [-0.25, -0.2) is 4.98 Å². The fourth-order valence-electron chi connectivity index (χ4n) is 0.399. The van der Waals surface area contributed by atoms with E-state index in [0.717, 1.165) is 11.0 Å². The standard InChI is InChI=1S/C4H7N3S.C2H6/c1-3-6-4(5-2)8-7-3;1-2/h1-2H3,(H,5,6,7);1-2H3. The summed E-state index contributed by atoms with van der Waals surface area (Å²) in [5, 5.41) is 3.77. The molecule has 1 N–H and O–H groups in total. The molecule has 0 aliphatic rings. The van der Waals surface area contributed by atoms with Gasteiger partial charge in [-0.05, 0) is 6.92 Å². The van der Waals surface area contributed by atoms with Gasteiger partial charge in [0.05, 0.1) is 0 Å². The Bertz CT molecular complexity index is 173. The fraction of sp³-hybridized carbons (Fsp3) is 0.667. The fourth-order valence-corrected chi connectivity index (χ4v) is 0.922. The Morgan fingerprint density at radius 1 is 1.40 bits per heavy atom. The van der Waals surface area contributed by atoms with Crippen LogP contribution >= 0.6 is 11.5 Å². The van der Waals surface area contributed by atoms with Crippen molar-refractivity contribution in [1.82, 2.24) is 9.36 Å². The van der Waals surface area contributed by atoms with Crippen molar-refractivity contribution in [3.63, 3.8) is 0 Å². The quantitative estimate of drug-likeness (QED) is 0.680. The second-order valence-corrected chi connectivity index (χ2v) is 2.15. The maximum absolute atomic E-state index is 4.03. The summed E-state index contributed by atoms with van der Waals surface area (Å²) in [6.45, 7) is 5.87. The Balaban J connectivity index is 0.000000371. The van der Waals surface area contributed by atoms with Crippen LogP contribution in [-0.2, 0) is 0 Å². The van der Waals surface area contributed by atoms with Crippen molar-refractivity contribution >= 4 is 16.7 Å². The second kappa shape index (κ2) is 5.17. The van der Waals surface area contributed by atoms with E-state index in [9.17, 15) is 0 Å². The summed E-state index contributed by atoms with van der Waals surface area (Å²) >= 11 is 1.38. The molecule has 0 saturated heterocycles. The Morgan fingerprint density at radius 3 is 2.20 bits per heavy atom. The lowest BCUT2D eigenvalue weighted by atomic mass is 10.7. The van der Waals surface area contributed by atoms with Crippen molar-refractivity contribution in [3.8, 4) is 0 Å².